The highest BCUT2D eigenvalue weighted by Crippen LogP contribution is 2.26. The molecule has 2 rings (SSSR count). The lowest BCUT2D eigenvalue weighted by atomic mass is 10.1. The number of hydrogen-bond acceptors (Lipinski definition) is 3. The van der Waals surface area contributed by atoms with E-state index in [9.17, 15) is 0 Å². The third-order valence-electron chi connectivity index (χ3n) is 3.24. The van der Waals surface area contributed by atoms with Crippen molar-refractivity contribution in [2.24, 2.45) is 0 Å². The van der Waals surface area contributed by atoms with Crippen LogP contribution in [-0.4, -0.2) is 18.1 Å². The van der Waals surface area contributed by atoms with Gasteiger partial charge in [0.1, 0.15) is 11.3 Å². The van der Waals surface area contributed by atoms with Gasteiger partial charge in [0.05, 0.1) is 0 Å². The van der Waals surface area contributed by atoms with E-state index in [1.165, 1.54) is 10.9 Å². The fourth-order valence-corrected chi connectivity index (χ4v) is 2.40. The summed E-state index contributed by atoms with van der Waals surface area (Å²) in [7, 11) is 0. The summed E-state index contributed by atoms with van der Waals surface area (Å²) in [5.74, 6) is 1.11. The number of furan rings is 1. The number of benzene rings is 1. The SMILES string of the molecule is CCc1oc2ccccc2c1CNCC(C)SC. The number of thioether (sulfide) groups is 1. The van der Waals surface area contributed by atoms with Crippen molar-refractivity contribution in [3.05, 3.63) is 35.6 Å². The molecule has 0 amide bonds. The molecule has 3 heteroatoms. The van der Waals surface area contributed by atoms with Gasteiger partial charge in [-0.3, -0.25) is 0 Å². The summed E-state index contributed by atoms with van der Waals surface area (Å²) < 4.78 is 5.89. The second-order valence-electron chi connectivity index (χ2n) is 4.53. The number of para-hydroxylation sites is 1. The summed E-state index contributed by atoms with van der Waals surface area (Å²) >= 11 is 1.89. The number of rotatable bonds is 6. The van der Waals surface area contributed by atoms with E-state index in [4.69, 9.17) is 4.42 Å². The topological polar surface area (TPSA) is 25.2 Å². The van der Waals surface area contributed by atoms with Crippen molar-refractivity contribution in [2.45, 2.75) is 32.1 Å². The van der Waals surface area contributed by atoms with Crippen LogP contribution in [0.25, 0.3) is 11.0 Å². The normalized spacial score (nSPS) is 13.1. The lowest BCUT2D eigenvalue weighted by Gasteiger charge is -2.09. The Morgan fingerprint density at radius 2 is 2.11 bits per heavy atom. The Kier molecular flexibility index (Phi) is 4.72. The monoisotopic (exact) mass is 263 g/mol. The molecule has 1 aromatic carbocycles. The van der Waals surface area contributed by atoms with Crippen LogP contribution in [0.15, 0.2) is 28.7 Å². The highest BCUT2D eigenvalue weighted by atomic mass is 32.2. The summed E-state index contributed by atoms with van der Waals surface area (Å²) in [5.41, 5.74) is 2.32. The quantitative estimate of drug-likeness (QED) is 0.857. The van der Waals surface area contributed by atoms with Crippen LogP contribution in [0.5, 0.6) is 0 Å². The van der Waals surface area contributed by atoms with Gasteiger partial charge in [0, 0.05) is 35.7 Å². The second kappa shape index (κ2) is 6.30. The van der Waals surface area contributed by atoms with E-state index in [-0.39, 0.29) is 0 Å². The Morgan fingerprint density at radius 3 is 2.83 bits per heavy atom. The van der Waals surface area contributed by atoms with Crippen LogP contribution in [0.4, 0.5) is 0 Å². The molecule has 98 valence electrons. The van der Waals surface area contributed by atoms with Crippen LogP contribution in [0, 0.1) is 0 Å². The minimum atomic E-state index is 0.647. The van der Waals surface area contributed by atoms with Gasteiger partial charge in [0.25, 0.3) is 0 Å². The van der Waals surface area contributed by atoms with Gasteiger partial charge >= 0.3 is 0 Å². The smallest absolute Gasteiger partial charge is 0.134 e. The highest BCUT2D eigenvalue weighted by Gasteiger charge is 2.12. The molecule has 0 bridgehead atoms. The molecule has 0 saturated heterocycles. The lowest BCUT2D eigenvalue weighted by molar-refractivity contribution is 0.544. The van der Waals surface area contributed by atoms with Crippen molar-refractivity contribution < 1.29 is 4.42 Å². The first-order chi connectivity index (χ1) is 8.76. The van der Waals surface area contributed by atoms with Gasteiger partial charge in [-0.15, -0.1) is 0 Å². The molecule has 0 aliphatic carbocycles. The van der Waals surface area contributed by atoms with Gasteiger partial charge in [-0.2, -0.15) is 11.8 Å². The first kappa shape index (κ1) is 13.5. The van der Waals surface area contributed by atoms with Crippen LogP contribution < -0.4 is 5.32 Å². The molecule has 2 aromatic rings. The van der Waals surface area contributed by atoms with E-state index < -0.39 is 0 Å². The van der Waals surface area contributed by atoms with Crippen molar-refractivity contribution in [2.75, 3.05) is 12.8 Å². The molecule has 2 nitrogen and oxygen atoms in total. The number of fused-ring (bicyclic) bond motifs is 1. The third kappa shape index (κ3) is 2.90. The zero-order valence-electron chi connectivity index (χ0n) is 11.3. The van der Waals surface area contributed by atoms with Crippen LogP contribution in [0.3, 0.4) is 0 Å². The van der Waals surface area contributed by atoms with E-state index in [0.717, 1.165) is 30.9 Å². The Hall–Kier alpha value is -0.930. The molecule has 0 aliphatic heterocycles. The van der Waals surface area contributed by atoms with E-state index >= 15 is 0 Å². The largest absolute Gasteiger partial charge is 0.461 e. The highest BCUT2D eigenvalue weighted by molar-refractivity contribution is 7.99. The third-order valence-corrected chi connectivity index (χ3v) is 4.21. The number of nitrogens with one attached hydrogen (secondary N) is 1. The summed E-state index contributed by atoms with van der Waals surface area (Å²) in [5, 5.41) is 5.42. The molecule has 1 aromatic heterocycles. The summed E-state index contributed by atoms with van der Waals surface area (Å²) in [6, 6.07) is 8.29. The standard InChI is InChI=1S/C15H21NOS/c1-4-14-13(10-16-9-11(2)18-3)12-7-5-6-8-15(12)17-14/h5-8,11,16H,4,9-10H2,1-3H3. The van der Waals surface area contributed by atoms with E-state index in [0.29, 0.717) is 5.25 Å². The van der Waals surface area contributed by atoms with Gasteiger partial charge in [0.2, 0.25) is 0 Å². The van der Waals surface area contributed by atoms with Crippen LogP contribution in [-0.2, 0) is 13.0 Å². The van der Waals surface area contributed by atoms with Crippen LogP contribution in [0.1, 0.15) is 25.2 Å². The second-order valence-corrected chi connectivity index (χ2v) is 5.81. The van der Waals surface area contributed by atoms with Crippen molar-refractivity contribution >= 4 is 22.7 Å². The zero-order chi connectivity index (χ0) is 13.0. The number of hydrogen-bond donors (Lipinski definition) is 1. The maximum Gasteiger partial charge on any atom is 0.134 e. The van der Waals surface area contributed by atoms with Crippen molar-refractivity contribution in [3.63, 3.8) is 0 Å². The molecule has 1 N–H and O–H groups in total. The van der Waals surface area contributed by atoms with Crippen molar-refractivity contribution in [1.29, 1.82) is 0 Å². The molecule has 1 heterocycles. The summed E-state index contributed by atoms with van der Waals surface area (Å²) in [6.07, 6.45) is 3.10. The fraction of sp³-hybridized carbons (Fsp3) is 0.467. The molecule has 0 spiro atoms. The molecular weight excluding hydrogens is 242 g/mol. The minimum absolute atomic E-state index is 0.647. The molecule has 1 atom stereocenters. The average Bonchev–Trinajstić information content (AvgIpc) is 2.77. The molecule has 0 radical (unpaired) electrons. The minimum Gasteiger partial charge on any atom is -0.461 e. The lowest BCUT2D eigenvalue weighted by Crippen LogP contribution is -2.22. The van der Waals surface area contributed by atoms with Gasteiger partial charge in [0.15, 0.2) is 0 Å². The summed E-state index contributed by atoms with van der Waals surface area (Å²) in [4.78, 5) is 0. The Balaban J connectivity index is 2.15. The van der Waals surface area contributed by atoms with Crippen LogP contribution >= 0.6 is 11.8 Å². The predicted octanol–water partition coefficient (Wildman–Crippen LogP) is 3.84. The average molecular weight is 263 g/mol. The Labute approximate surface area is 113 Å². The maximum atomic E-state index is 5.89. The molecular formula is C15H21NOS. The Bertz CT molecular complexity index is 506. The maximum absolute atomic E-state index is 5.89. The van der Waals surface area contributed by atoms with E-state index in [2.05, 4.69) is 37.6 Å². The van der Waals surface area contributed by atoms with Crippen molar-refractivity contribution in [3.8, 4) is 0 Å². The molecule has 0 saturated carbocycles. The van der Waals surface area contributed by atoms with E-state index in [1.807, 2.05) is 23.9 Å². The van der Waals surface area contributed by atoms with Gasteiger partial charge < -0.3 is 9.73 Å². The molecule has 0 fully saturated rings. The summed E-state index contributed by atoms with van der Waals surface area (Å²) in [6.45, 7) is 6.31. The zero-order valence-corrected chi connectivity index (χ0v) is 12.1. The van der Waals surface area contributed by atoms with Gasteiger partial charge in [-0.1, -0.05) is 32.0 Å². The first-order valence-electron chi connectivity index (χ1n) is 6.49. The molecule has 0 aliphatic rings. The number of aryl methyl sites for hydroxylation is 1. The van der Waals surface area contributed by atoms with Gasteiger partial charge in [-0.05, 0) is 12.3 Å². The molecule has 18 heavy (non-hydrogen) atoms. The Morgan fingerprint density at radius 1 is 1.33 bits per heavy atom. The first-order valence-corrected chi connectivity index (χ1v) is 7.77. The van der Waals surface area contributed by atoms with Crippen LogP contribution in [0.2, 0.25) is 0 Å². The van der Waals surface area contributed by atoms with Crippen molar-refractivity contribution in [1.82, 2.24) is 5.32 Å². The van der Waals surface area contributed by atoms with Gasteiger partial charge in [-0.25, -0.2) is 0 Å². The molecule has 1 unspecified atom stereocenters. The predicted molar refractivity (Wildman–Crippen MR) is 80.3 cm³/mol. The fourth-order valence-electron chi connectivity index (χ4n) is 2.11. The van der Waals surface area contributed by atoms with E-state index in [1.54, 1.807) is 0 Å².